The van der Waals surface area contributed by atoms with Gasteiger partial charge in [-0.25, -0.2) is 4.98 Å². The molecule has 1 N–H and O–H groups in total. The first-order valence-corrected chi connectivity index (χ1v) is 6.94. The minimum absolute atomic E-state index is 0.0409. The molecule has 0 aliphatic heterocycles. The van der Waals surface area contributed by atoms with Crippen LogP contribution in [0.25, 0.3) is 0 Å². The molecule has 1 amide bonds. The Morgan fingerprint density at radius 1 is 1.37 bits per heavy atom. The molecule has 0 saturated carbocycles. The maximum absolute atomic E-state index is 11.7. The van der Waals surface area contributed by atoms with Crippen molar-refractivity contribution in [2.45, 2.75) is 13.0 Å². The zero-order valence-corrected chi connectivity index (χ0v) is 11.9. The van der Waals surface area contributed by atoms with Crippen LogP contribution in [0.5, 0.6) is 0 Å². The Labute approximate surface area is 117 Å². The van der Waals surface area contributed by atoms with Crippen LogP contribution in [0.1, 0.15) is 10.4 Å². The third-order valence-corrected chi connectivity index (χ3v) is 3.55. The molecule has 0 unspecified atom stereocenters. The Hall–Kier alpha value is -1.88. The summed E-state index contributed by atoms with van der Waals surface area (Å²) in [5.41, 5.74) is 1.00. The van der Waals surface area contributed by atoms with Gasteiger partial charge >= 0.3 is 0 Å². The van der Waals surface area contributed by atoms with Crippen LogP contribution in [0.15, 0.2) is 35.8 Å². The van der Waals surface area contributed by atoms with E-state index in [-0.39, 0.29) is 5.91 Å². The van der Waals surface area contributed by atoms with Crippen molar-refractivity contribution in [2.24, 2.45) is 0 Å². The van der Waals surface area contributed by atoms with E-state index in [1.165, 1.54) is 0 Å². The number of nitrogens with zero attached hydrogens (tertiary/aromatic N) is 2. The van der Waals surface area contributed by atoms with Gasteiger partial charge in [-0.05, 0) is 23.1 Å². The van der Waals surface area contributed by atoms with Gasteiger partial charge in [-0.2, -0.15) is 0 Å². The fourth-order valence-electron chi connectivity index (χ4n) is 1.62. The van der Waals surface area contributed by atoms with Crippen molar-refractivity contribution in [1.29, 1.82) is 0 Å². The largest absolute Gasteiger partial charge is 0.363 e. The van der Waals surface area contributed by atoms with Crippen LogP contribution in [-0.2, 0) is 17.8 Å². The first kappa shape index (κ1) is 13.5. The van der Waals surface area contributed by atoms with Gasteiger partial charge in [-0.15, -0.1) is 11.3 Å². The summed E-state index contributed by atoms with van der Waals surface area (Å²) in [6.45, 7) is 0.519. The molecule has 0 radical (unpaired) electrons. The number of amides is 1. The van der Waals surface area contributed by atoms with Gasteiger partial charge in [0.05, 0.1) is 6.42 Å². The molecule has 2 heterocycles. The number of nitrogens with one attached hydrogen (secondary N) is 1. The van der Waals surface area contributed by atoms with E-state index >= 15 is 0 Å². The van der Waals surface area contributed by atoms with Crippen molar-refractivity contribution >= 4 is 23.1 Å². The van der Waals surface area contributed by atoms with E-state index in [1.54, 1.807) is 17.5 Å². The zero-order valence-electron chi connectivity index (χ0n) is 11.1. The highest BCUT2D eigenvalue weighted by atomic mass is 32.1. The number of rotatable bonds is 5. The second-order valence-corrected chi connectivity index (χ2v) is 5.48. The summed E-state index contributed by atoms with van der Waals surface area (Å²) in [6, 6.07) is 7.85. The highest BCUT2D eigenvalue weighted by molar-refractivity contribution is 7.10. The van der Waals surface area contributed by atoms with Crippen molar-refractivity contribution in [2.75, 3.05) is 19.0 Å². The number of thiophene rings is 1. The van der Waals surface area contributed by atoms with Crippen LogP contribution in [0, 0.1) is 0 Å². The lowest BCUT2D eigenvalue weighted by Crippen LogP contribution is -2.24. The number of aromatic nitrogens is 1. The zero-order chi connectivity index (χ0) is 13.7. The minimum Gasteiger partial charge on any atom is -0.363 e. The fourth-order valence-corrected chi connectivity index (χ4v) is 2.32. The molecule has 0 spiro atoms. The molecule has 4 nitrogen and oxygen atoms in total. The summed E-state index contributed by atoms with van der Waals surface area (Å²) in [5, 5.41) is 4.88. The van der Waals surface area contributed by atoms with E-state index < -0.39 is 0 Å². The predicted molar refractivity (Wildman–Crippen MR) is 78.4 cm³/mol. The summed E-state index contributed by atoms with van der Waals surface area (Å²) in [7, 11) is 3.90. The first-order valence-electron chi connectivity index (χ1n) is 6.06. The molecule has 19 heavy (non-hydrogen) atoms. The molecular formula is C14H17N3OS. The number of hydrogen-bond donors (Lipinski definition) is 1. The van der Waals surface area contributed by atoms with Gasteiger partial charge in [-0.1, -0.05) is 12.1 Å². The van der Waals surface area contributed by atoms with Crippen molar-refractivity contribution in [3.8, 4) is 0 Å². The van der Waals surface area contributed by atoms with Gasteiger partial charge in [0, 0.05) is 31.7 Å². The van der Waals surface area contributed by atoms with Crippen LogP contribution in [0.4, 0.5) is 5.82 Å². The fraction of sp³-hybridized carbons (Fsp3) is 0.286. The summed E-state index contributed by atoms with van der Waals surface area (Å²) in [5.74, 6) is 0.952. The van der Waals surface area contributed by atoms with Gasteiger partial charge in [0.25, 0.3) is 0 Å². The van der Waals surface area contributed by atoms with Crippen molar-refractivity contribution < 1.29 is 4.79 Å². The number of anilines is 1. The molecule has 2 aromatic rings. The lowest BCUT2D eigenvalue weighted by Gasteiger charge is -2.11. The van der Waals surface area contributed by atoms with Gasteiger partial charge in [0.1, 0.15) is 5.82 Å². The normalized spacial score (nSPS) is 10.2. The number of carbonyl (C=O) groups excluding carboxylic acids is 1. The molecule has 0 saturated heterocycles. The molecule has 0 fully saturated rings. The van der Waals surface area contributed by atoms with E-state index in [9.17, 15) is 4.79 Å². The highest BCUT2D eigenvalue weighted by Crippen LogP contribution is 2.10. The number of hydrogen-bond acceptors (Lipinski definition) is 4. The van der Waals surface area contributed by atoms with Gasteiger partial charge in [0.2, 0.25) is 5.91 Å². The standard InChI is InChI=1S/C14H17N3OS/c1-17(2)13-6-5-11(9-15-13)10-16-14(18)8-12-4-3-7-19-12/h3-7,9H,8,10H2,1-2H3,(H,16,18). The van der Waals surface area contributed by atoms with Crippen LogP contribution in [0.2, 0.25) is 0 Å². The van der Waals surface area contributed by atoms with Gasteiger partial charge in [0.15, 0.2) is 0 Å². The Bertz CT molecular complexity index is 520. The molecule has 100 valence electrons. The van der Waals surface area contributed by atoms with Crippen LogP contribution >= 0.6 is 11.3 Å². The van der Waals surface area contributed by atoms with E-state index in [4.69, 9.17) is 0 Å². The SMILES string of the molecule is CN(C)c1ccc(CNC(=O)Cc2cccs2)cn1. The molecule has 0 aromatic carbocycles. The topological polar surface area (TPSA) is 45.2 Å². The molecule has 0 bridgehead atoms. The quantitative estimate of drug-likeness (QED) is 0.908. The summed E-state index contributed by atoms with van der Waals surface area (Å²) < 4.78 is 0. The summed E-state index contributed by atoms with van der Waals surface area (Å²) >= 11 is 1.60. The molecule has 0 aliphatic carbocycles. The van der Waals surface area contributed by atoms with Gasteiger partial charge < -0.3 is 10.2 Å². The third kappa shape index (κ3) is 4.06. The van der Waals surface area contributed by atoms with E-state index in [0.29, 0.717) is 13.0 Å². The van der Waals surface area contributed by atoms with Crippen molar-refractivity contribution in [3.05, 3.63) is 46.3 Å². The maximum Gasteiger partial charge on any atom is 0.225 e. The van der Waals surface area contributed by atoms with Crippen LogP contribution in [-0.4, -0.2) is 25.0 Å². The highest BCUT2D eigenvalue weighted by Gasteiger charge is 2.04. The Morgan fingerprint density at radius 2 is 2.21 bits per heavy atom. The molecule has 0 aliphatic rings. The molecule has 2 rings (SSSR count). The number of carbonyl (C=O) groups is 1. The van der Waals surface area contributed by atoms with Crippen LogP contribution in [0.3, 0.4) is 0 Å². The van der Waals surface area contributed by atoms with E-state index in [0.717, 1.165) is 16.3 Å². The van der Waals surface area contributed by atoms with E-state index in [2.05, 4.69) is 10.3 Å². The lowest BCUT2D eigenvalue weighted by atomic mass is 10.2. The lowest BCUT2D eigenvalue weighted by molar-refractivity contribution is -0.120. The van der Waals surface area contributed by atoms with Crippen molar-refractivity contribution in [1.82, 2.24) is 10.3 Å². The summed E-state index contributed by atoms with van der Waals surface area (Å²) in [6.07, 6.45) is 2.24. The minimum atomic E-state index is 0.0409. The Morgan fingerprint density at radius 3 is 2.79 bits per heavy atom. The number of pyridine rings is 1. The second kappa shape index (κ2) is 6.33. The smallest absolute Gasteiger partial charge is 0.225 e. The predicted octanol–water partition coefficient (Wildman–Crippen LogP) is 2.07. The molecule has 0 atom stereocenters. The van der Waals surface area contributed by atoms with Gasteiger partial charge in [-0.3, -0.25) is 4.79 Å². The Kier molecular flexibility index (Phi) is 4.52. The summed E-state index contributed by atoms with van der Waals surface area (Å²) in [4.78, 5) is 19.1. The average Bonchev–Trinajstić information content (AvgIpc) is 2.89. The monoisotopic (exact) mass is 275 g/mol. The molecule has 2 aromatic heterocycles. The van der Waals surface area contributed by atoms with Crippen LogP contribution < -0.4 is 10.2 Å². The Balaban J connectivity index is 1.83. The molecular weight excluding hydrogens is 258 g/mol. The second-order valence-electron chi connectivity index (χ2n) is 4.45. The molecule has 5 heteroatoms. The average molecular weight is 275 g/mol. The van der Waals surface area contributed by atoms with Crippen molar-refractivity contribution in [3.63, 3.8) is 0 Å². The maximum atomic E-state index is 11.7. The first-order chi connectivity index (χ1) is 9.15. The van der Waals surface area contributed by atoms with E-state index in [1.807, 2.05) is 48.6 Å². The third-order valence-electron chi connectivity index (χ3n) is 2.67.